The predicted molar refractivity (Wildman–Crippen MR) is 316 cm³/mol. The Labute approximate surface area is 450 Å². The molecule has 414 valence electrons. The molecule has 1 unspecified atom stereocenters. The van der Waals surface area contributed by atoms with Gasteiger partial charge < -0.3 is 14.2 Å². The first kappa shape index (κ1) is 68.8. The molecule has 0 spiro atoms. The van der Waals surface area contributed by atoms with E-state index in [0.29, 0.717) is 12.8 Å². The molecule has 6 heteroatoms. The second-order valence-electron chi connectivity index (χ2n) is 19.5. The minimum atomic E-state index is -0.799. The standard InChI is InChI=1S/C67H110O6/c1-4-7-10-13-16-19-22-25-26-27-28-29-30-31-32-33-34-35-36-37-38-39-40-43-45-48-51-54-57-60-66(69)72-63-64(73-67(70)61-58-55-52-49-46-42-24-21-18-15-12-9-6-3)62-71-65(68)59-56-53-50-47-44-41-23-20-17-14-11-8-5-2/h7,9-10,12,16,18-19,21,25-26,28-29,31-32,34-35,37-38,42,46,64H,4-6,8,11,13-15,17,20,22-24,27,30,33,36,39-41,43-45,47-63H2,1-3H3/b10-7-,12-9-,19-16-,21-18-,26-25-,29-28-,32-31-,35-34-,38-37-,46-42-. The first-order valence-electron chi connectivity index (χ1n) is 30.0. The summed E-state index contributed by atoms with van der Waals surface area (Å²) in [6.07, 6.45) is 83.4. The number of hydrogen-bond acceptors (Lipinski definition) is 6. The zero-order valence-electron chi connectivity index (χ0n) is 47.4. The van der Waals surface area contributed by atoms with E-state index < -0.39 is 6.10 Å². The second kappa shape index (κ2) is 60.4. The smallest absolute Gasteiger partial charge is 0.306 e. The Morgan fingerprint density at radius 2 is 0.534 bits per heavy atom. The fraction of sp³-hybridized carbons (Fsp3) is 0.657. The van der Waals surface area contributed by atoms with Crippen LogP contribution >= 0.6 is 0 Å². The monoisotopic (exact) mass is 1010 g/mol. The lowest BCUT2D eigenvalue weighted by molar-refractivity contribution is -0.167. The molecule has 0 aromatic rings. The molecule has 0 saturated carbocycles. The Hall–Kier alpha value is -4.19. The van der Waals surface area contributed by atoms with E-state index in [4.69, 9.17) is 14.2 Å². The van der Waals surface area contributed by atoms with Crippen LogP contribution in [0.2, 0.25) is 0 Å². The molecule has 0 aliphatic carbocycles. The fourth-order valence-electron chi connectivity index (χ4n) is 8.03. The molecule has 0 bridgehead atoms. The van der Waals surface area contributed by atoms with Gasteiger partial charge in [-0.2, -0.15) is 0 Å². The van der Waals surface area contributed by atoms with Crippen molar-refractivity contribution >= 4 is 17.9 Å². The fourth-order valence-corrected chi connectivity index (χ4v) is 8.03. The third-order valence-electron chi connectivity index (χ3n) is 12.5. The SMILES string of the molecule is CC/C=C\C/C=C\C/C=C\C/C=C\C/C=C\C/C=C\C/C=C\CCCCCCCCCC(=O)OCC(COC(=O)CCCCCCCCCCCCCCC)OC(=O)CCCCC/C=C\C/C=C\C/C=C\CC. The van der Waals surface area contributed by atoms with Gasteiger partial charge >= 0.3 is 17.9 Å². The maximum absolute atomic E-state index is 12.8. The Morgan fingerprint density at radius 1 is 0.288 bits per heavy atom. The molecule has 0 radical (unpaired) electrons. The summed E-state index contributed by atoms with van der Waals surface area (Å²) in [7, 11) is 0. The lowest BCUT2D eigenvalue weighted by Gasteiger charge is -2.18. The molecule has 73 heavy (non-hydrogen) atoms. The number of unbranched alkanes of at least 4 members (excludes halogenated alkanes) is 22. The zero-order chi connectivity index (χ0) is 52.9. The molecule has 0 aromatic carbocycles. The van der Waals surface area contributed by atoms with E-state index in [-0.39, 0.29) is 37.5 Å². The quantitative estimate of drug-likeness (QED) is 0.0261. The highest BCUT2D eigenvalue weighted by Gasteiger charge is 2.19. The summed E-state index contributed by atoms with van der Waals surface area (Å²) in [5.41, 5.74) is 0. The maximum atomic E-state index is 12.8. The van der Waals surface area contributed by atoms with Crippen LogP contribution in [0, 0.1) is 0 Å². The van der Waals surface area contributed by atoms with E-state index in [0.717, 1.165) is 135 Å². The summed E-state index contributed by atoms with van der Waals surface area (Å²) in [5, 5.41) is 0. The van der Waals surface area contributed by atoms with E-state index >= 15 is 0 Å². The van der Waals surface area contributed by atoms with Crippen molar-refractivity contribution in [1.29, 1.82) is 0 Å². The van der Waals surface area contributed by atoms with Crippen molar-refractivity contribution < 1.29 is 28.6 Å². The first-order valence-corrected chi connectivity index (χ1v) is 30.0. The van der Waals surface area contributed by atoms with Crippen molar-refractivity contribution in [2.24, 2.45) is 0 Å². The van der Waals surface area contributed by atoms with Crippen LogP contribution in [-0.4, -0.2) is 37.2 Å². The number of esters is 3. The summed E-state index contributed by atoms with van der Waals surface area (Å²) in [5.74, 6) is -0.934. The topological polar surface area (TPSA) is 78.9 Å². The Kier molecular flexibility index (Phi) is 56.9. The van der Waals surface area contributed by atoms with Gasteiger partial charge in [0.15, 0.2) is 6.10 Å². The third-order valence-corrected chi connectivity index (χ3v) is 12.5. The number of hydrogen-bond donors (Lipinski definition) is 0. The molecule has 6 nitrogen and oxygen atoms in total. The average molecular weight is 1010 g/mol. The Morgan fingerprint density at radius 3 is 0.849 bits per heavy atom. The number of rotatable bonds is 53. The summed E-state index contributed by atoms with van der Waals surface area (Å²) in [4.78, 5) is 38.1. The van der Waals surface area contributed by atoms with Crippen LogP contribution in [0.5, 0.6) is 0 Å². The second-order valence-corrected chi connectivity index (χ2v) is 19.5. The van der Waals surface area contributed by atoms with Crippen molar-refractivity contribution in [3.63, 3.8) is 0 Å². The molecule has 0 aliphatic rings. The maximum Gasteiger partial charge on any atom is 0.306 e. The minimum Gasteiger partial charge on any atom is -0.462 e. The molecule has 0 rings (SSSR count). The summed E-state index contributed by atoms with van der Waals surface area (Å²) in [6.45, 7) is 6.38. The average Bonchev–Trinajstić information content (AvgIpc) is 3.39. The van der Waals surface area contributed by atoms with Crippen LogP contribution in [-0.2, 0) is 28.6 Å². The van der Waals surface area contributed by atoms with Crippen molar-refractivity contribution in [2.45, 2.75) is 271 Å². The molecule has 0 saturated heterocycles. The van der Waals surface area contributed by atoms with E-state index in [9.17, 15) is 14.4 Å². The van der Waals surface area contributed by atoms with Crippen LogP contribution in [0.3, 0.4) is 0 Å². The van der Waals surface area contributed by atoms with E-state index in [1.807, 2.05) is 0 Å². The highest BCUT2D eigenvalue weighted by molar-refractivity contribution is 5.71. The Bertz CT molecular complexity index is 1540. The van der Waals surface area contributed by atoms with Crippen LogP contribution in [0.4, 0.5) is 0 Å². The molecule has 1 atom stereocenters. The van der Waals surface area contributed by atoms with Gasteiger partial charge in [0, 0.05) is 19.3 Å². The van der Waals surface area contributed by atoms with Gasteiger partial charge in [0.1, 0.15) is 13.2 Å². The lowest BCUT2D eigenvalue weighted by Crippen LogP contribution is -2.30. The molecule has 0 aliphatic heterocycles. The summed E-state index contributed by atoms with van der Waals surface area (Å²) in [6, 6.07) is 0. The number of allylic oxidation sites excluding steroid dienone is 20. The molecular formula is C67H110O6. The van der Waals surface area contributed by atoms with Crippen molar-refractivity contribution in [2.75, 3.05) is 13.2 Å². The summed E-state index contributed by atoms with van der Waals surface area (Å²) >= 11 is 0. The van der Waals surface area contributed by atoms with Gasteiger partial charge in [0.05, 0.1) is 0 Å². The van der Waals surface area contributed by atoms with E-state index in [2.05, 4.69) is 142 Å². The number of carbonyl (C=O) groups excluding carboxylic acids is 3. The molecule has 0 fully saturated rings. The molecular weight excluding hydrogens is 901 g/mol. The van der Waals surface area contributed by atoms with Crippen LogP contribution in [0.25, 0.3) is 0 Å². The van der Waals surface area contributed by atoms with Gasteiger partial charge in [-0.25, -0.2) is 0 Å². The molecule has 0 amide bonds. The van der Waals surface area contributed by atoms with Gasteiger partial charge in [0.25, 0.3) is 0 Å². The molecule has 0 aromatic heterocycles. The predicted octanol–water partition coefficient (Wildman–Crippen LogP) is 20.4. The highest BCUT2D eigenvalue weighted by atomic mass is 16.6. The number of ether oxygens (including phenoxy) is 3. The Balaban J connectivity index is 4.31. The molecule has 0 N–H and O–H groups in total. The van der Waals surface area contributed by atoms with E-state index in [1.165, 1.54) is 89.9 Å². The lowest BCUT2D eigenvalue weighted by atomic mass is 10.0. The van der Waals surface area contributed by atoms with Crippen molar-refractivity contribution in [1.82, 2.24) is 0 Å². The van der Waals surface area contributed by atoms with Crippen LogP contribution < -0.4 is 0 Å². The van der Waals surface area contributed by atoms with Gasteiger partial charge in [-0.05, 0) is 109 Å². The van der Waals surface area contributed by atoms with E-state index in [1.54, 1.807) is 0 Å². The minimum absolute atomic E-state index is 0.0936. The van der Waals surface area contributed by atoms with Crippen LogP contribution in [0.1, 0.15) is 265 Å². The largest absolute Gasteiger partial charge is 0.462 e. The highest BCUT2D eigenvalue weighted by Crippen LogP contribution is 2.15. The number of carbonyl (C=O) groups is 3. The normalized spacial score (nSPS) is 13.0. The van der Waals surface area contributed by atoms with Crippen LogP contribution in [0.15, 0.2) is 122 Å². The van der Waals surface area contributed by atoms with Gasteiger partial charge in [-0.15, -0.1) is 0 Å². The zero-order valence-corrected chi connectivity index (χ0v) is 47.4. The van der Waals surface area contributed by atoms with Crippen molar-refractivity contribution in [3.05, 3.63) is 122 Å². The van der Waals surface area contributed by atoms with Gasteiger partial charge in [-0.1, -0.05) is 258 Å². The third kappa shape index (κ3) is 58.6. The van der Waals surface area contributed by atoms with Gasteiger partial charge in [0.2, 0.25) is 0 Å². The summed E-state index contributed by atoms with van der Waals surface area (Å²) < 4.78 is 16.8. The van der Waals surface area contributed by atoms with Crippen molar-refractivity contribution in [3.8, 4) is 0 Å². The first-order chi connectivity index (χ1) is 36.0. The van der Waals surface area contributed by atoms with Gasteiger partial charge in [-0.3, -0.25) is 14.4 Å². The molecule has 0 heterocycles.